The van der Waals surface area contributed by atoms with Crippen LogP contribution in [0.3, 0.4) is 0 Å². The lowest BCUT2D eigenvalue weighted by Crippen LogP contribution is -2.43. The lowest BCUT2D eigenvalue weighted by atomic mass is 9.96. The summed E-state index contributed by atoms with van der Waals surface area (Å²) in [5.74, 6) is 0. The van der Waals surface area contributed by atoms with Crippen LogP contribution in [-0.4, -0.2) is 31.3 Å². The summed E-state index contributed by atoms with van der Waals surface area (Å²) in [4.78, 5) is 11.5. The zero-order valence-corrected chi connectivity index (χ0v) is 11.1. The van der Waals surface area contributed by atoms with Gasteiger partial charge in [-0.3, -0.25) is 0 Å². The van der Waals surface area contributed by atoms with Gasteiger partial charge in [0.2, 0.25) is 0 Å². The highest BCUT2D eigenvalue weighted by Crippen LogP contribution is 2.16. The van der Waals surface area contributed by atoms with E-state index in [4.69, 9.17) is 4.74 Å². The summed E-state index contributed by atoms with van der Waals surface area (Å²) < 4.78 is 5.40. The summed E-state index contributed by atoms with van der Waals surface area (Å²) in [5, 5.41) is 5.90. The molecule has 0 heterocycles. The monoisotopic (exact) mass is 242 g/mol. The zero-order valence-electron chi connectivity index (χ0n) is 11.1. The summed E-state index contributed by atoms with van der Waals surface area (Å²) in [5.41, 5.74) is 0. The SMILES string of the molecule is CC(C)OCCCNC(=O)NC1CCCCC1. The molecule has 0 aliphatic heterocycles. The van der Waals surface area contributed by atoms with E-state index in [-0.39, 0.29) is 12.1 Å². The minimum absolute atomic E-state index is 0.0264. The van der Waals surface area contributed by atoms with E-state index in [1.165, 1.54) is 19.3 Å². The number of carbonyl (C=O) groups is 1. The van der Waals surface area contributed by atoms with E-state index in [0.29, 0.717) is 19.2 Å². The minimum atomic E-state index is -0.0264. The molecule has 1 aliphatic carbocycles. The van der Waals surface area contributed by atoms with Crippen molar-refractivity contribution in [3.63, 3.8) is 0 Å². The van der Waals surface area contributed by atoms with Gasteiger partial charge in [0, 0.05) is 19.2 Å². The Balaban J connectivity index is 1.97. The molecule has 0 aromatic rings. The molecular weight excluding hydrogens is 216 g/mol. The van der Waals surface area contributed by atoms with Crippen molar-refractivity contribution in [1.82, 2.24) is 10.6 Å². The van der Waals surface area contributed by atoms with Gasteiger partial charge in [-0.25, -0.2) is 4.79 Å². The molecule has 0 unspecified atom stereocenters. The highest BCUT2D eigenvalue weighted by molar-refractivity contribution is 5.74. The first-order valence-corrected chi connectivity index (χ1v) is 6.84. The van der Waals surface area contributed by atoms with Crippen molar-refractivity contribution in [2.24, 2.45) is 0 Å². The Labute approximate surface area is 104 Å². The zero-order chi connectivity index (χ0) is 12.5. The first-order chi connectivity index (χ1) is 8.18. The fourth-order valence-electron chi connectivity index (χ4n) is 2.08. The number of hydrogen-bond donors (Lipinski definition) is 2. The maximum absolute atomic E-state index is 11.5. The van der Waals surface area contributed by atoms with Crippen LogP contribution in [0, 0.1) is 0 Å². The fourth-order valence-corrected chi connectivity index (χ4v) is 2.08. The molecule has 0 saturated heterocycles. The molecule has 0 radical (unpaired) electrons. The topological polar surface area (TPSA) is 50.4 Å². The number of urea groups is 1. The molecule has 1 aliphatic rings. The number of ether oxygens (including phenoxy) is 1. The Kier molecular flexibility index (Phi) is 7.01. The van der Waals surface area contributed by atoms with Crippen LogP contribution in [0.15, 0.2) is 0 Å². The van der Waals surface area contributed by atoms with Gasteiger partial charge >= 0.3 is 6.03 Å². The smallest absolute Gasteiger partial charge is 0.315 e. The molecule has 0 atom stereocenters. The quantitative estimate of drug-likeness (QED) is 0.703. The number of carbonyl (C=O) groups excluding carboxylic acids is 1. The van der Waals surface area contributed by atoms with Crippen molar-refractivity contribution >= 4 is 6.03 Å². The van der Waals surface area contributed by atoms with Gasteiger partial charge in [0.05, 0.1) is 6.10 Å². The van der Waals surface area contributed by atoms with Crippen LogP contribution in [0.2, 0.25) is 0 Å². The predicted octanol–water partition coefficient (Wildman–Crippen LogP) is 2.43. The minimum Gasteiger partial charge on any atom is -0.379 e. The van der Waals surface area contributed by atoms with Gasteiger partial charge < -0.3 is 15.4 Å². The molecule has 1 fully saturated rings. The molecule has 2 N–H and O–H groups in total. The lowest BCUT2D eigenvalue weighted by molar-refractivity contribution is 0.0774. The van der Waals surface area contributed by atoms with E-state index in [0.717, 1.165) is 19.3 Å². The highest BCUT2D eigenvalue weighted by Gasteiger charge is 2.14. The third-order valence-electron chi connectivity index (χ3n) is 3.00. The molecule has 0 aromatic heterocycles. The Hall–Kier alpha value is -0.770. The molecule has 4 nitrogen and oxygen atoms in total. The van der Waals surface area contributed by atoms with Crippen molar-refractivity contribution in [2.45, 2.75) is 64.5 Å². The van der Waals surface area contributed by atoms with Crippen molar-refractivity contribution in [3.8, 4) is 0 Å². The molecule has 0 spiro atoms. The lowest BCUT2D eigenvalue weighted by Gasteiger charge is -2.22. The summed E-state index contributed by atoms with van der Waals surface area (Å²) >= 11 is 0. The van der Waals surface area contributed by atoms with E-state index in [1.807, 2.05) is 13.8 Å². The highest BCUT2D eigenvalue weighted by atomic mass is 16.5. The molecule has 1 saturated carbocycles. The second-order valence-corrected chi connectivity index (χ2v) is 5.01. The molecule has 1 rings (SSSR count). The van der Waals surface area contributed by atoms with Crippen molar-refractivity contribution in [2.75, 3.05) is 13.2 Å². The van der Waals surface area contributed by atoms with Crippen LogP contribution >= 0.6 is 0 Å². The second-order valence-electron chi connectivity index (χ2n) is 5.01. The van der Waals surface area contributed by atoms with Gasteiger partial charge in [0.1, 0.15) is 0 Å². The second kappa shape index (κ2) is 8.34. The van der Waals surface area contributed by atoms with Gasteiger partial charge in [-0.05, 0) is 33.1 Å². The largest absolute Gasteiger partial charge is 0.379 e. The summed E-state index contributed by atoms with van der Waals surface area (Å²) in [7, 11) is 0. The molecule has 100 valence electrons. The molecule has 0 bridgehead atoms. The normalized spacial score (nSPS) is 17.1. The molecule has 2 amide bonds. The van der Waals surface area contributed by atoms with Gasteiger partial charge in [-0.2, -0.15) is 0 Å². The number of rotatable bonds is 6. The van der Waals surface area contributed by atoms with E-state index >= 15 is 0 Å². The van der Waals surface area contributed by atoms with Crippen molar-refractivity contribution in [1.29, 1.82) is 0 Å². The predicted molar refractivity (Wildman–Crippen MR) is 69.1 cm³/mol. The Morgan fingerprint density at radius 1 is 1.29 bits per heavy atom. The van der Waals surface area contributed by atoms with Gasteiger partial charge in [-0.1, -0.05) is 19.3 Å². The summed E-state index contributed by atoms with van der Waals surface area (Å²) in [6.45, 7) is 5.43. The average Bonchev–Trinajstić information content (AvgIpc) is 2.29. The standard InChI is InChI=1S/C13H26N2O2/c1-11(2)17-10-6-9-14-13(16)15-12-7-4-3-5-8-12/h11-12H,3-10H2,1-2H3,(H2,14,15,16). The third kappa shape index (κ3) is 7.21. The number of hydrogen-bond acceptors (Lipinski definition) is 2. The summed E-state index contributed by atoms with van der Waals surface area (Å²) in [6.07, 6.45) is 7.20. The maximum atomic E-state index is 11.5. The van der Waals surface area contributed by atoms with Crippen LogP contribution in [0.4, 0.5) is 4.79 Å². The molecule has 4 heteroatoms. The van der Waals surface area contributed by atoms with Crippen molar-refractivity contribution < 1.29 is 9.53 Å². The molecule has 17 heavy (non-hydrogen) atoms. The number of amides is 2. The first kappa shape index (κ1) is 14.3. The van der Waals surface area contributed by atoms with Crippen LogP contribution in [0.25, 0.3) is 0 Å². The Morgan fingerprint density at radius 2 is 2.00 bits per heavy atom. The van der Waals surface area contributed by atoms with E-state index < -0.39 is 0 Å². The van der Waals surface area contributed by atoms with Crippen LogP contribution in [0.5, 0.6) is 0 Å². The Bertz CT molecular complexity index is 213. The average molecular weight is 242 g/mol. The van der Waals surface area contributed by atoms with Crippen molar-refractivity contribution in [3.05, 3.63) is 0 Å². The molecule has 0 aromatic carbocycles. The van der Waals surface area contributed by atoms with Gasteiger partial charge in [0.15, 0.2) is 0 Å². The van der Waals surface area contributed by atoms with E-state index in [1.54, 1.807) is 0 Å². The van der Waals surface area contributed by atoms with Gasteiger partial charge in [-0.15, -0.1) is 0 Å². The van der Waals surface area contributed by atoms with Crippen LogP contribution in [0.1, 0.15) is 52.4 Å². The Morgan fingerprint density at radius 3 is 2.65 bits per heavy atom. The first-order valence-electron chi connectivity index (χ1n) is 6.84. The maximum Gasteiger partial charge on any atom is 0.315 e. The third-order valence-corrected chi connectivity index (χ3v) is 3.00. The van der Waals surface area contributed by atoms with E-state index in [2.05, 4.69) is 10.6 Å². The van der Waals surface area contributed by atoms with Crippen LogP contribution in [-0.2, 0) is 4.74 Å². The summed E-state index contributed by atoms with van der Waals surface area (Å²) in [6, 6.07) is 0.358. The molecular formula is C13H26N2O2. The fraction of sp³-hybridized carbons (Fsp3) is 0.923. The van der Waals surface area contributed by atoms with E-state index in [9.17, 15) is 4.79 Å². The number of nitrogens with one attached hydrogen (secondary N) is 2. The van der Waals surface area contributed by atoms with Crippen LogP contribution < -0.4 is 10.6 Å². The van der Waals surface area contributed by atoms with Gasteiger partial charge in [0.25, 0.3) is 0 Å².